The van der Waals surface area contributed by atoms with Crippen LogP contribution in [0, 0.1) is 5.82 Å². The maximum atomic E-state index is 13.6. The SMILES string of the molecule is CC1CN2CCCC2CN1c1ccc(Br)c(F)c1. The number of hydrogen-bond acceptors (Lipinski definition) is 2. The molecular weight excluding hydrogens is 295 g/mol. The Balaban J connectivity index is 1.84. The first kappa shape index (κ1) is 12.4. The van der Waals surface area contributed by atoms with Crippen molar-refractivity contribution in [2.24, 2.45) is 0 Å². The zero-order chi connectivity index (χ0) is 12.7. The van der Waals surface area contributed by atoms with Gasteiger partial charge >= 0.3 is 0 Å². The van der Waals surface area contributed by atoms with E-state index in [4.69, 9.17) is 0 Å². The van der Waals surface area contributed by atoms with Gasteiger partial charge in [0.05, 0.1) is 4.47 Å². The Morgan fingerprint density at radius 2 is 2.17 bits per heavy atom. The summed E-state index contributed by atoms with van der Waals surface area (Å²) in [7, 11) is 0. The zero-order valence-corrected chi connectivity index (χ0v) is 12.2. The summed E-state index contributed by atoms with van der Waals surface area (Å²) in [5, 5.41) is 0. The van der Waals surface area contributed by atoms with Crippen molar-refractivity contribution < 1.29 is 4.39 Å². The molecule has 2 aliphatic rings. The lowest BCUT2D eigenvalue weighted by Gasteiger charge is -2.43. The monoisotopic (exact) mass is 312 g/mol. The van der Waals surface area contributed by atoms with E-state index in [2.05, 4.69) is 32.7 Å². The standard InChI is InChI=1S/C14H18BrFN2/c1-10-8-17-6-2-3-12(17)9-18(10)11-4-5-13(15)14(16)7-11/h4-5,7,10,12H,2-3,6,8-9H2,1H3. The predicted octanol–water partition coefficient (Wildman–Crippen LogP) is 3.26. The second kappa shape index (κ2) is 4.82. The lowest BCUT2D eigenvalue weighted by molar-refractivity contribution is 0.203. The van der Waals surface area contributed by atoms with Crippen molar-refractivity contribution in [2.45, 2.75) is 31.8 Å². The number of benzene rings is 1. The van der Waals surface area contributed by atoms with Gasteiger partial charge in [-0.2, -0.15) is 0 Å². The predicted molar refractivity (Wildman–Crippen MR) is 75.5 cm³/mol. The first-order valence-corrected chi connectivity index (χ1v) is 7.40. The van der Waals surface area contributed by atoms with Gasteiger partial charge in [0.15, 0.2) is 0 Å². The van der Waals surface area contributed by atoms with Crippen molar-refractivity contribution >= 4 is 21.6 Å². The van der Waals surface area contributed by atoms with E-state index in [1.807, 2.05) is 6.07 Å². The van der Waals surface area contributed by atoms with Crippen molar-refractivity contribution in [2.75, 3.05) is 24.5 Å². The molecule has 2 saturated heterocycles. The van der Waals surface area contributed by atoms with Gasteiger partial charge in [-0.3, -0.25) is 4.90 Å². The van der Waals surface area contributed by atoms with Crippen LogP contribution in [0.3, 0.4) is 0 Å². The second-order valence-electron chi connectivity index (χ2n) is 5.39. The fourth-order valence-electron chi connectivity index (χ4n) is 3.21. The Morgan fingerprint density at radius 3 is 2.94 bits per heavy atom. The van der Waals surface area contributed by atoms with Crippen molar-refractivity contribution in [1.29, 1.82) is 0 Å². The molecule has 2 unspecified atom stereocenters. The molecule has 2 heterocycles. The highest BCUT2D eigenvalue weighted by molar-refractivity contribution is 9.10. The van der Waals surface area contributed by atoms with Crippen LogP contribution in [-0.4, -0.2) is 36.6 Å². The lowest BCUT2D eigenvalue weighted by atomic mass is 10.1. The number of halogens is 2. The maximum absolute atomic E-state index is 13.6. The number of fused-ring (bicyclic) bond motifs is 1. The average molecular weight is 313 g/mol. The first-order valence-electron chi connectivity index (χ1n) is 6.61. The Kier molecular flexibility index (Phi) is 3.32. The van der Waals surface area contributed by atoms with E-state index in [-0.39, 0.29) is 5.82 Å². The van der Waals surface area contributed by atoms with Crippen LogP contribution in [0.2, 0.25) is 0 Å². The van der Waals surface area contributed by atoms with Crippen molar-refractivity contribution in [1.82, 2.24) is 4.90 Å². The summed E-state index contributed by atoms with van der Waals surface area (Å²) in [6.07, 6.45) is 2.59. The largest absolute Gasteiger partial charge is 0.366 e. The normalized spacial score (nSPS) is 28.5. The molecule has 0 N–H and O–H groups in total. The summed E-state index contributed by atoms with van der Waals surface area (Å²) in [6.45, 7) is 5.59. The number of piperazine rings is 1. The van der Waals surface area contributed by atoms with Gasteiger partial charge in [-0.1, -0.05) is 0 Å². The fourth-order valence-corrected chi connectivity index (χ4v) is 3.46. The van der Waals surface area contributed by atoms with Gasteiger partial charge in [0.25, 0.3) is 0 Å². The van der Waals surface area contributed by atoms with Gasteiger partial charge < -0.3 is 4.90 Å². The van der Waals surface area contributed by atoms with Crippen LogP contribution >= 0.6 is 15.9 Å². The Hall–Kier alpha value is -0.610. The molecule has 2 atom stereocenters. The summed E-state index contributed by atoms with van der Waals surface area (Å²) >= 11 is 3.21. The van der Waals surface area contributed by atoms with Crippen molar-refractivity contribution in [3.05, 3.63) is 28.5 Å². The quantitative estimate of drug-likeness (QED) is 0.785. The third-order valence-electron chi connectivity index (χ3n) is 4.17. The molecule has 1 aromatic carbocycles. The smallest absolute Gasteiger partial charge is 0.139 e. The van der Waals surface area contributed by atoms with Gasteiger partial charge in [-0.05, 0) is 60.4 Å². The molecule has 0 amide bonds. The molecule has 0 bridgehead atoms. The molecule has 0 radical (unpaired) electrons. The van der Waals surface area contributed by atoms with Crippen LogP contribution in [0.5, 0.6) is 0 Å². The molecule has 98 valence electrons. The molecule has 3 rings (SSSR count). The molecule has 0 spiro atoms. The van der Waals surface area contributed by atoms with E-state index < -0.39 is 0 Å². The van der Waals surface area contributed by atoms with E-state index >= 15 is 0 Å². The third kappa shape index (κ3) is 2.16. The van der Waals surface area contributed by atoms with Crippen LogP contribution < -0.4 is 4.90 Å². The Labute approximate surface area is 116 Å². The third-order valence-corrected chi connectivity index (χ3v) is 4.82. The molecule has 2 fully saturated rings. The van der Waals surface area contributed by atoms with Crippen LogP contribution in [0.1, 0.15) is 19.8 Å². The molecule has 0 aromatic heterocycles. The summed E-state index contributed by atoms with van der Waals surface area (Å²) in [4.78, 5) is 4.93. The highest BCUT2D eigenvalue weighted by Gasteiger charge is 2.34. The molecule has 2 nitrogen and oxygen atoms in total. The topological polar surface area (TPSA) is 6.48 Å². The molecule has 4 heteroatoms. The summed E-state index contributed by atoms with van der Waals surface area (Å²) in [5.41, 5.74) is 1.01. The molecule has 0 aliphatic carbocycles. The van der Waals surface area contributed by atoms with Crippen LogP contribution in [-0.2, 0) is 0 Å². The van der Waals surface area contributed by atoms with Gasteiger partial charge in [0.2, 0.25) is 0 Å². The van der Waals surface area contributed by atoms with E-state index in [1.54, 1.807) is 12.1 Å². The van der Waals surface area contributed by atoms with E-state index in [0.29, 0.717) is 16.6 Å². The molecule has 0 saturated carbocycles. The fraction of sp³-hybridized carbons (Fsp3) is 0.571. The summed E-state index contributed by atoms with van der Waals surface area (Å²) in [6, 6.07) is 6.57. The van der Waals surface area contributed by atoms with E-state index in [9.17, 15) is 4.39 Å². The second-order valence-corrected chi connectivity index (χ2v) is 6.25. The summed E-state index contributed by atoms with van der Waals surface area (Å²) < 4.78 is 14.2. The van der Waals surface area contributed by atoms with Crippen LogP contribution in [0.25, 0.3) is 0 Å². The van der Waals surface area contributed by atoms with Crippen LogP contribution in [0.15, 0.2) is 22.7 Å². The number of anilines is 1. The highest BCUT2D eigenvalue weighted by atomic mass is 79.9. The Morgan fingerprint density at radius 1 is 1.33 bits per heavy atom. The number of rotatable bonds is 1. The van der Waals surface area contributed by atoms with Gasteiger partial charge in [-0.15, -0.1) is 0 Å². The van der Waals surface area contributed by atoms with Gasteiger partial charge in [0, 0.05) is 30.9 Å². The number of nitrogens with zero attached hydrogens (tertiary/aromatic N) is 2. The zero-order valence-electron chi connectivity index (χ0n) is 10.6. The van der Waals surface area contributed by atoms with Gasteiger partial charge in [-0.25, -0.2) is 4.39 Å². The minimum atomic E-state index is -0.173. The Bertz CT molecular complexity index is 451. The first-order chi connectivity index (χ1) is 8.65. The van der Waals surface area contributed by atoms with E-state index in [0.717, 1.165) is 18.8 Å². The van der Waals surface area contributed by atoms with Crippen LogP contribution in [0.4, 0.5) is 10.1 Å². The molecule has 18 heavy (non-hydrogen) atoms. The minimum Gasteiger partial charge on any atom is -0.366 e. The van der Waals surface area contributed by atoms with Gasteiger partial charge in [0.1, 0.15) is 5.82 Å². The van der Waals surface area contributed by atoms with Crippen molar-refractivity contribution in [3.8, 4) is 0 Å². The molecule has 2 aliphatic heterocycles. The molecule has 1 aromatic rings. The maximum Gasteiger partial charge on any atom is 0.139 e. The summed E-state index contributed by atoms with van der Waals surface area (Å²) in [5.74, 6) is -0.173. The van der Waals surface area contributed by atoms with Crippen molar-refractivity contribution in [3.63, 3.8) is 0 Å². The van der Waals surface area contributed by atoms with E-state index in [1.165, 1.54) is 19.4 Å². The lowest BCUT2D eigenvalue weighted by Crippen LogP contribution is -2.55. The minimum absolute atomic E-state index is 0.173. The highest BCUT2D eigenvalue weighted by Crippen LogP contribution is 2.30. The molecular formula is C14H18BrFN2. The number of hydrogen-bond donors (Lipinski definition) is 0. The average Bonchev–Trinajstić information content (AvgIpc) is 2.79.